The highest BCUT2D eigenvalue weighted by atomic mass is 16.3. The molecule has 0 aliphatic rings. The van der Waals surface area contributed by atoms with Gasteiger partial charge in [-0.25, -0.2) is 0 Å². The highest BCUT2D eigenvalue weighted by Gasteiger charge is 2.00. The zero-order valence-electron chi connectivity index (χ0n) is 12.6. The lowest BCUT2D eigenvalue weighted by Gasteiger charge is -2.06. The second-order valence-corrected chi connectivity index (χ2v) is 5.42. The zero-order chi connectivity index (χ0) is 15.1. The van der Waals surface area contributed by atoms with Crippen LogP contribution in [0, 0.1) is 0 Å². The molecule has 0 saturated carbocycles. The predicted octanol–water partition coefficient (Wildman–Crippen LogP) is 2.15. The largest absolute Gasteiger partial charge is 0.394 e. The summed E-state index contributed by atoms with van der Waals surface area (Å²) in [5.74, 6) is 0. The van der Waals surface area contributed by atoms with E-state index >= 15 is 0 Å². The Bertz CT molecular complexity index is 219. The fourth-order valence-corrected chi connectivity index (χ4v) is 2.11. The topological polar surface area (TPSA) is 80.9 Å². The summed E-state index contributed by atoms with van der Waals surface area (Å²) in [4.78, 5) is 0. The van der Waals surface area contributed by atoms with Gasteiger partial charge in [0.15, 0.2) is 0 Å². The average Bonchev–Trinajstić information content (AvgIpc) is 2.47. The molecule has 0 radical (unpaired) electrons. The summed E-state index contributed by atoms with van der Waals surface area (Å²) >= 11 is 0. The minimum Gasteiger partial charge on any atom is -0.394 e. The second-order valence-electron chi connectivity index (χ2n) is 5.42. The highest BCUT2D eigenvalue weighted by molar-refractivity contribution is 4.87. The van der Waals surface area contributed by atoms with E-state index in [4.69, 9.17) is 20.4 Å². The summed E-state index contributed by atoms with van der Waals surface area (Å²) in [6.45, 7) is -0.324. The number of rotatable bonds is 14. The first kappa shape index (κ1) is 19.6. The van der Waals surface area contributed by atoms with Gasteiger partial charge in [-0.15, -0.1) is 0 Å². The smallest absolute Gasteiger partial charge is 0.0951 e. The Morgan fingerprint density at radius 1 is 0.700 bits per heavy atom. The molecule has 0 amide bonds. The Labute approximate surface area is 123 Å². The third-order valence-corrected chi connectivity index (χ3v) is 3.41. The van der Waals surface area contributed by atoms with E-state index < -0.39 is 12.2 Å². The molecule has 0 spiro atoms. The minimum atomic E-state index is -0.709. The monoisotopic (exact) mass is 288 g/mol. The van der Waals surface area contributed by atoms with E-state index in [1.807, 2.05) is 6.08 Å². The SMILES string of the molecule is OC[C@H](O)CCCCCCCCCC/C=C/[C@@H](O)CO. The molecule has 0 aliphatic carbocycles. The lowest BCUT2D eigenvalue weighted by molar-refractivity contribution is 0.0860. The van der Waals surface area contributed by atoms with Crippen LogP contribution < -0.4 is 0 Å². The standard InChI is InChI=1S/C16H32O4/c17-13-15(19)11-9-7-5-3-1-2-4-6-8-10-12-16(20)14-18/h9,11,15-20H,1-8,10,12-14H2/b11-9+/t15-,16-/m1/s1. The highest BCUT2D eigenvalue weighted by Crippen LogP contribution is 2.11. The molecule has 0 aliphatic heterocycles. The molecule has 0 saturated heterocycles. The molecule has 0 bridgehead atoms. The second kappa shape index (κ2) is 15.0. The van der Waals surface area contributed by atoms with E-state index in [0.29, 0.717) is 6.42 Å². The van der Waals surface area contributed by atoms with Crippen molar-refractivity contribution in [3.05, 3.63) is 12.2 Å². The predicted molar refractivity (Wildman–Crippen MR) is 81.5 cm³/mol. The number of unbranched alkanes of at least 4 members (excludes halogenated alkanes) is 8. The van der Waals surface area contributed by atoms with Gasteiger partial charge in [0.25, 0.3) is 0 Å². The Balaban J connectivity index is 3.12. The fourth-order valence-electron chi connectivity index (χ4n) is 2.11. The lowest BCUT2D eigenvalue weighted by Crippen LogP contribution is -2.10. The summed E-state index contributed by atoms with van der Waals surface area (Å²) < 4.78 is 0. The van der Waals surface area contributed by atoms with Gasteiger partial charge >= 0.3 is 0 Å². The van der Waals surface area contributed by atoms with Crippen molar-refractivity contribution in [2.45, 2.75) is 76.4 Å². The molecule has 4 heteroatoms. The lowest BCUT2D eigenvalue weighted by atomic mass is 10.1. The van der Waals surface area contributed by atoms with Gasteiger partial charge in [0, 0.05) is 0 Å². The Hall–Kier alpha value is -0.420. The zero-order valence-corrected chi connectivity index (χ0v) is 12.6. The van der Waals surface area contributed by atoms with E-state index in [-0.39, 0.29) is 13.2 Å². The van der Waals surface area contributed by atoms with Crippen LogP contribution in [0.15, 0.2) is 12.2 Å². The van der Waals surface area contributed by atoms with Gasteiger partial charge in [-0.1, -0.05) is 57.1 Å². The molecule has 0 fully saturated rings. The normalized spacial score (nSPS) is 14.8. The van der Waals surface area contributed by atoms with Crippen molar-refractivity contribution < 1.29 is 20.4 Å². The van der Waals surface area contributed by atoms with Gasteiger partial charge in [0.1, 0.15) is 0 Å². The summed E-state index contributed by atoms with van der Waals surface area (Å²) in [6.07, 6.45) is 13.5. The van der Waals surface area contributed by atoms with Gasteiger partial charge in [0.2, 0.25) is 0 Å². The molecule has 4 nitrogen and oxygen atoms in total. The first-order chi connectivity index (χ1) is 9.70. The van der Waals surface area contributed by atoms with E-state index in [2.05, 4.69) is 0 Å². The maximum absolute atomic E-state index is 9.17. The first-order valence-electron chi connectivity index (χ1n) is 7.95. The molecule has 0 aromatic carbocycles. The van der Waals surface area contributed by atoms with E-state index in [1.54, 1.807) is 6.08 Å². The molecule has 0 unspecified atom stereocenters. The third-order valence-electron chi connectivity index (χ3n) is 3.41. The summed E-state index contributed by atoms with van der Waals surface area (Å²) in [5, 5.41) is 35.5. The molecule has 0 aromatic heterocycles. The molecular formula is C16H32O4. The van der Waals surface area contributed by atoms with Crippen LogP contribution in [0.1, 0.15) is 64.2 Å². The molecular weight excluding hydrogens is 256 g/mol. The van der Waals surface area contributed by atoms with Crippen LogP contribution in [0.4, 0.5) is 0 Å². The number of hydrogen-bond acceptors (Lipinski definition) is 4. The Kier molecular flexibility index (Phi) is 14.7. The van der Waals surface area contributed by atoms with Crippen LogP contribution in [-0.4, -0.2) is 45.8 Å². The van der Waals surface area contributed by atoms with Crippen molar-refractivity contribution in [2.24, 2.45) is 0 Å². The van der Waals surface area contributed by atoms with Gasteiger partial charge in [-0.2, -0.15) is 0 Å². The molecule has 2 atom stereocenters. The first-order valence-corrected chi connectivity index (χ1v) is 7.95. The minimum absolute atomic E-state index is 0.121. The van der Waals surface area contributed by atoms with Gasteiger partial charge in [0.05, 0.1) is 25.4 Å². The van der Waals surface area contributed by atoms with Crippen LogP contribution in [0.5, 0.6) is 0 Å². The van der Waals surface area contributed by atoms with Crippen LogP contribution in [0.25, 0.3) is 0 Å². The Morgan fingerprint density at radius 3 is 1.80 bits per heavy atom. The number of allylic oxidation sites excluding steroid dienone is 1. The number of hydrogen-bond donors (Lipinski definition) is 4. The van der Waals surface area contributed by atoms with E-state index in [9.17, 15) is 0 Å². The molecule has 0 heterocycles. The quantitative estimate of drug-likeness (QED) is 0.292. The number of aliphatic hydroxyl groups excluding tert-OH is 4. The van der Waals surface area contributed by atoms with Crippen molar-refractivity contribution in [3.8, 4) is 0 Å². The van der Waals surface area contributed by atoms with Crippen molar-refractivity contribution in [1.29, 1.82) is 0 Å². The molecule has 120 valence electrons. The summed E-state index contributed by atoms with van der Waals surface area (Å²) in [5.41, 5.74) is 0. The maximum Gasteiger partial charge on any atom is 0.0951 e. The number of aliphatic hydroxyl groups is 4. The van der Waals surface area contributed by atoms with Crippen molar-refractivity contribution in [1.82, 2.24) is 0 Å². The van der Waals surface area contributed by atoms with Crippen LogP contribution in [-0.2, 0) is 0 Å². The van der Waals surface area contributed by atoms with Gasteiger partial charge in [-0.3, -0.25) is 0 Å². The molecule has 20 heavy (non-hydrogen) atoms. The average molecular weight is 288 g/mol. The van der Waals surface area contributed by atoms with Crippen molar-refractivity contribution in [3.63, 3.8) is 0 Å². The Morgan fingerprint density at radius 2 is 1.25 bits per heavy atom. The fraction of sp³-hybridized carbons (Fsp3) is 0.875. The van der Waals surface area contributed by atoms with Gasteiger partial charge < -0.3 is 20.4 Å². The van der Waals surface area contributed by atoms with Crippen molar-refractivity contribution >= 4 is 0 Å². The summed E-state index contributed by atoms with van der Waals surface area (Å²) in [6, 6.07) is 0. The van der Waals surface area contributed by atoms with Crippen molar-refractivity contribution in [2.75, 3.05) is 13.2 Å². The molecule has 4 N–H and O–H groups in total. The maximum atomic E-state index is 9.17. The third kappa shape index (κ3) is 14.0. The molecule has 0 rings (SSSR count). The summed E-state index contributed by atoms with van der Waals surface area (Å²) in [7, 11) is 0. The van der Waals surface area contributed by atoms with Crippen LogP contribution >= 0.6 is 0 Å². The van der Waals surface area contributed by atoms with Gasteiger partial charge in [-0.05, 0) is 19.3 Å². The molecule has 0 aromatic rings. The van der Waals surface area contributed by atoms with Crippen LogP contribution in [0.3, 0.4) is 0 Å². The van der Waals surface area contributed by atoms with Crippen LogP contribution in [0.2, 0.25) is 0 Å². The van der Waals surface area contributed by atoms with E-state index in [1.165, 1.54) is 32.1 Å². The van der Waals surface area contributed by atoms with E-state index in [0.717, 1.165) is 25.7 Å².